The van der Waals surface area contributed by atoms with Gasteiger partial charge in [-0.1, -0.05) is 23.7 Å². The van der Waals surface area contributed by atoms with Crippen LogP contribution >= 0.6 is 11.6 Å². The van der Waals surface area contributed by atoms with Crippen molar-refractivity contribution in [1.29, 1.82) is 0 Å². The van der Waals surface area contributed by atoms with E-state index >= 15 is 0 Å². The molecule has 132 valence electrons. The number of ether oxygens (including phenoxy) is 2. The van der Waals surface area contributed by atoms with Gasteiger partial charge in [0.1, 0.15) is 18.8 Å². The molecule has 1 amide bonds. The third-order valence-corrected chi connectivity index (χ3v) is 4.41. The number of nitrogens with one attached hydrogen (secondary N) is 2. The van der Waals surface area contributed by atoms with E-state index in [1.807, 2.05) is 36.4 Å². The van der Waals surface area contributed by atoms with Gasteiger partial charge in [0.15, 0.2) is 6.79 Å². The molecule has 2 aromatic carbocycles. The van der Waals surface area contributed by atoms with Gasteiger partial charge < -0.3 is 19.7 Å². The lowest BCUT2D eigenvalue weighted by atomic mass is 10.1. The van der Waals surface area contributed by atoms with Crippen molar-refractivity contribution in [3.05, 3.63) is 63.7 Å². The lowest BCUT2D eigenvalue weighted by molar-refractivity contribution is -0.907. The Bertz CT molecular complexity index is 762. The standard InChI is InChI=1S/C19H21ClN2O3/c1-21-19(23)14-5-3-13(4-6-14)9-22(2)10-15-7-17(20)8-16-11-24-12-25-18(15)16/h3-8H,9-12H2,1-2H3,(H,21,23)/p+1. The topological polar surface area (TPSA) is 52.0 Å². The average molecular weight is 362 g/mol. The van der Waals surface area contributed by atoms with Gasteiger partial charge in [-0.25, -0.2) is 0 Å². The van der Waals surface area contributed by atoms with Gasteiger partial charge in [0.05, 0.1) is 19.2 Å². The van der Waals surface area contributed by atoms with Crippen LogP contribution in [0.15, 0.2) is 36.4 Å². The van der Waals surface area contributed by atoms with Crippen molar-refractivity contribution in [1.82, 2.24) is 5.32 Å². The minimum Gasteiger partial charge on any atom is -0.467 e. The zero-order valence-electron chi connectivity index (χ0n) is 14.4. The van der Waals surface area contributed by atoms with Crippen LogP contribution in [-0.2, 0) is 24.4 Å². The second kappa shape index (κ2) is 7.87. The van der Waals surface area contributed by atoms with Crippen molar-refractivity contribution < 1.29 is 19.2 Å². The van der Waals surface area contributed by atoms with E-state index < -0.39 is 0 Å². The lowest BCUT2D eigenvalue weighted by Crippen LogP contribution is -3.06. The number of benzene rings is 2. The van der Waals surface area contributed by atoms with Crippen LogP contribution < -0.4 is 15.0 Å². The van der Waals surface area contributed by atoms with Gasteiger partial charge in [0, 0.05) is 28.8 Å². The smallest absolute Gasteiger partial charge is 0.251 e. The van der Waals surface area contributed by atoms with Gasteiger partial charge in [-0.3, -0.25) is 4.79 Å². The number of hydrogen-bond acceptors (Lipinski definition) is 3. The maximum Gasteiger partial charge on any atom is 0.251 e. The molecule has 0 aromatic heterocycles. The summed E-state index contributed by atoms with van der Waals surface area (Å²) in [6.07, 6.45) is 0. The summed E-state index contributed by atoms with van der Waals surface area (Å²) in [5, 5.41) is 3.33. The molecule has 0 fully saturated rings. The molecule has 1 aliphatic heterocycles. The third-order valence-electron chi connectivity index (χ3n) is 4.19. The van der Waals surface area contributed by atoms with Gasteiger partial charge in [-0.05, 0) is 24.3 Å². The molecule has 1 heterocycles. The zero-order chi connectivity index (χ0) is 17.8. The van der Waals surface area contributed by atoms with E-state index in [0.29, 0.717) is 17.2 Å². The Morgan fingerprint density at radius 2 is 2.00 bits per heavy atom. The Morgan fingerprint density at radius 1 is 1.24 bits per heavy atom. The molecule has 5 nitrogen and oxygen atoms in total. The molecule has 3 rings (SSSR count). The Kier molecular flexibility index (Phi) is 5.58. The van der Waals surface area contributed by atoms with Crippen molar-refractivity contribution in [3.8, 4) is 5.75 Å². The van der Waals surface area contributed by atoms with Crippen LogP contribution in [0, 0.1) is 0 Å². The van der Waals surface area contributed by atoms with E-state index in [-0.39, 0.29) is 12.7 Å². The number of carbonyl (C=O) groups excluding carboxylic acids is 1. The van der Waals surface area contributed by atoms with Gasteiger partial charge in [0.25, 0.3) is 5.91 Å². The first-order chi connectivity index (χ1) is 12.1. The van der Waals surface area contributed by atoms with Crippen LogP contribution in [-0.4, -0.2) is 26.8 Å². The molecule has 1 unspecified atom stereocenters. The predicted octanol–water partition coefficient (Wildman–Crippen LogP) is 1.78. The monoisotopic (exact) mass is 361 g/mol. The number of rotatable bonds is 5. The highest BCUT2D eigenvalue weighted by Gasteiger charge is 2.19. The Morgan fingerprint density at radius 3 is 2.72 bits per heavy atom. The summed E-state index contributed by atoms with van der Waals surface area (Å²) in [6, 6.07) is 11.5. The highest BCUT2D eigenvalue weighted by atomic mass is 35.5. The Balaban J connectivity index is 1.69. The van der Waals surface area contributed by atoms with Crippen LogP contribution in [0.3, 0.4) is 0 Å². The van der Waals surface area contributed by atoms with Gasteiger partial charge in [-0.2, -0.15) is 0 Å². The van der Waals surface area contributed by atoms with E-state index in [0.717, 1.165) is 30.0 Å². The van der Waals surface area contributed by atoms with E-state index in [9.17, 15) is 4.79 Å². The molecule has 0 aliphatic carbocycles. The minimum atomic E-state index is -0.0721. The van der Waals surface area contributed by atoms with Crippen molar-refractivity contribution in [2.45, 2.75) is 19.7 Å². The number of halogens is 1. The third kappa shape index (κ3) is 4.31. The minimum absolute atomic E-state index is 0.0721. The summed E-state index contributed by atoms with van der Waals surface area (Å²) in [5.74, 6) is 0.821. The molecule has 6 heteroatoms. The SMILES string of the molecule is CNC(=O)c1ccc(C[NH+](C)Cc2cc(Cl)cc3c2OCOC3)cc1. The number of hydrogen-bond donors (Lipinski definition) is 2. The highest BCUT2D eigenvalue weighted by molar-refractivity contribution is 6.30. The molecule has 25 heavy (non-hydrogen) atoms. The number of fused-ring (bicyclic) bond motifs is 1. The quantitative estimate of drug-likeness (QED) is 0.853. The second-order valence-corrected chi connectivity index (χ2v) is 6.69. The molecule has 1 atom stereocenters. The Labute approximate surface area is 152 Å². The first kappa shape index (κ1) is 17.7. The second-order valence-electron chi connectivity index (χ2n) is 6.25. The summed E-state index contributed by atoms with van der Waals surface area (Å²) < 4.78 is 11.0. The summed E-state index contributed by atoms with van der Waals surface area (Å²) in [7, 11) is 3.76. The molecule has 0 saturated carbocycles. The maximum atomic E-state index is 11.6. The van der Waals surface area contributed by atoms with E-state index in [1.54, 1.807) is 7.05 Å². The largest absolute Gasteiger partial charge is 0.467 e. The normalized spacial score (nSPS) is 14.4. The summed E-state index contributed by atoms with van der Waals surface area (Å²) in [4.78, 5) is 12.9. The van der Waals surface area contributed by atoms with Crippen LogP contribution in [0.25, 0.3) is 0 Å². The molecule has 0 radical (unpaired) electrons. The zero-order valence-corrected chi connectivity index (χ0v) is 15.2. The van der Waals surface area contributed by atoms with Crippen molar-refractivity contribution in [3.63, 3.8) is 0 Å². The van der Waals surface area contributed by atoms with Crippen LogP contribution in [0.4, 0.5) is 0 Å². The van der Waals surface area contributed by atoms with Gasteiger partial charge in [0.2, 0.25) is 0 Å². The molecule has 0 bridgehead atoms. The van der Waals surface area contributed by atoms with Crippen LogP contribution in [0.1, 0.15) is 27.0 Å². The Hall–Kier alpha value is -2.08. The summed E-state index contributed by atoms with van der Waals surface area (Å²) >= 11 is 6.23. The van der Waals surface area contributed by atoms with Crippen molar-refractivity contribution >= 4 is 17.5 Å². The number of quaternary nitrogens is 1. The van der Waals surface area contributed by atoms with Crippen molar-refractivity contribution in [2.75, 3.05) is 20.9 Å². The molecule has 0 spiro atoms. The number of amides is 1. The molecule has 0 saturated heterocycles. The van der Waals surface area contributed by atoms with Gasteiger partial charge >= 0.3 is 0 Å². The maximum absolute atomic E-state index is 11.6. The van der Waals surface area contributed by atoms with E-state index in [1.165, 1.54) is 10.5 Å². The molecular formula is C19H22ClN2O3+. The highest BCUT2D eigenvalue weighted by Crippen LogP contribution is 2.31. The molecule has 2 N–H and O–H groups in total. The first-order valence-corrected chi connectivity index (χ1v) is 8.59. The summed E-state index contributed by atoms with van der Waals surface area (Å²) in [6.45, 7) is 2.44. The van der Waals surface area contributed by atoms with E-state index in [4.69, 9.17) is 21.1 Å². The fraction of sp³-hybridized carbons (Fsp3) is 0.316. The van der Waals surface area contributed by atoms with Crippen LogP contribution in [0.5, 0.6) is 5.75 Å². The lowest BCUT2D eigenvalue weighted by Gasteiger charge is -2.22. The van der Waals surface area contributed by atoms with E-state index in [2.05, 4.69) is 12.4 Å². The fourth-order valence-corrected chi connectivity index (χ4v) is 3.31. The fourth-order valence-electron chi connectivity index (χ4n) is 3.04. The van der Waals surface area contributed by atoms with Gasteiger partial charge in [-0.15, -0.1) is 0 Å². The van der Waals surface area contributed by atoms with Crippen molar-refractivity contribution in [2.24, 2.45) is 0 Å². The number of carbonyl (C=O) groups is 1. The predicted molar refractivity (Wildman–Crippen MR) is 95.9 cm³/mol. The first-order valence-electron chi connectivity index (χ1n) is 8.21. The molecule has 2 aromatic rings. The molecular weight excluding hydrogens is 340 g/mol. The molecule has 1 aliphatic rings. The van der Waals surface area contributed by atoms with Crippen LogP contribution in [0.2, 0.25) is 5.02 Å². The average Bonchev–Trinajstić information content (AvgIpc) is 2.61. The summed E-state index contributed by atoms with van der Waals surface area (Å²) in [5.41, 5.74) is 3.92.